The van der Waals surface area contributed by atoms with Crippen molar-refractivity contribution < 1.29 is 19.2 Å². The minimum atomic E-state index is -0.790. The summed E-state index contributed by atoms with van der Waals surface area (Å²) < 4.78 is 5.15. The summed E-state index contributed by atoms with van der Waals surface area (Å²) in [6.45, 7) is 4.91. The van der Waals surface area contributed by atoms with E-state index in [2.05, 4.69) is 15.8 Å². The molecule has 1 aromatic heterocycles. The zero-order valence-corrected chi connectivity index (χ0v) is 14.7. The Kier molecular flexibility index (Phi) is 5.27. The van der Waals surface area contributed by atoms with Gasteiger partial charge in [0.25, 0.3) is 0 Å². The molecule has 0 unspecified atom stereocenters. The van der Waals surface area contributed by atoms with Crippen molar-refractivity contribution in [2.24, 2.45) is 5.92 Å². The summed E-state index contributed by atoms with van der Waals surface area (Å²) in [5.41, 5.74) is 0. The first-order chi connectivity index (χ1) is 11.9. The number of hydrogen-bond donors (Lipinski definition) is 3. The van der Waals surface area contributed by atoms with Crippen molar-refractivity contribution in [1.82, 2.24) is 15.4 Å². The standard InChI is InChI=1S/C17H26N4O4/c1-10(2)14-7-15(20-25-14)19-17(24)18-12-5-13(6-12)21(9-16(22)23)8-11-3-4-11/h7,10-13H,3-6,8-9H2,1-2H3,(H,22,23)(H2,18,19,20,24). The molecule has 2 aliphatic carbocycles. The maximum absolute atomic E-state index is 12.0. The second-order valence-electron chi connectivity index (χ2n) is 7.46. The van der Waals surface area contributed by atoms with Gasteiger partial charge in [0, 0.05) is 30.6 Å². The molecule has 0 radical (unpaired) electrons. The van der Waals surface area contributed by atoms with Gasteiger partial charge < -0.3 is 14.9 Å². The first kappa shape index (κ1) is 17.7. The van der Waals surface area contributed by atoms with E-state index < -0.39 is 5.97 Å². The van der Waals surface area contributed by atoms with Crippen LogP contribution in [0.3, 0.4) is 0 Å². The topological polar surface area (TPSA) is 108 Å². The van der Waals surface area contributed by atoms with Gasteiger partial charge in [-0.05, 0) is 31.6 Å². The molecule has 2 saturated carbocycles. The number of nitrogens with one attached hydrogen (secondary N) is 2. The van der Waals surface area contributed by atoms with Crippen LogP contribution in [0.2, 0.25) is 0 Å². The Hall–Kier alpha value is -2.09. The highest BCUT2D eigenvalue weighted by atomic mass is 16.5. The molecule has 138 valence electrons. The van der Waals surface area contributed by atoms with Crippen molar-refractivity contribution in [1.29, 1.82) is 0 Å². The molecule has 1 heterocycles. The predicted molar refractivity (Wildman–Crippen MR) is 91.5 cm³/mol. The lowest BCUT2D eigenvalue weighted by Gasteiger charge is -2.42. The van der Waals surface area contributed by atoms with Gasteiger partial charge in [-0.15, -0.1) is 0 Å². The number of carbonyl (C=O) groups is 2. The molecule has 8 nitrogen and oxygen atoms in total. The van der Waals surface area contributed by atoms with E-state index in [0.29, 0.717) is 11.7 Å². The second-order valence-corrected chi connectivity index (χ2v) is 7.46. The van der Waals surface area contributed by atoms with Gasteiger partial charge in [-0.25, -0.2) is 4.79 Å². The number of rotatable bonds is 8. The van der Waals surface area contributed by atoms with Crippen molar-refractivity contribution in [2.75, 3.05) is 18.4 Å². The minimum absolute atomic E-state index is 0.0666. The summed E-state index contributed by atoms with van der Waals surface area (Å²) in [7, 11) is 0. The number of anilines is 1. The molecule has 0 aromatic carbocycles. The number of nitrogens with zero attached hydrogens (tertiary/aromatic N) is 2. The molecular weight excluding hydrogens is 324 g/mol. The third kappa shape index (κ3) is 4.94. The fourth-order valence-electron chi connectivity index (χ4n) is 3.11. The van der Waals surface area contributed by atoms with Crippen LogP contribution in [-0.2, 0) is 4.79 Å². The molecule has 8 heteroatoms. The van der Waals surface area contributed by atoms with Crippen LogP contribution in [0.5, 0.6) is 0 Å². The number of carbonyl (C=O) groups excluding carboxylic acids is 1. The number of carboxylic acids is 1. The number of aromatic nitrogens is 1. The highest BCUT2D eigenvalue weighted by Crippen LogP contribution is 2.33. The maximum Gasteiger partial charge on any atom is 0.320 e. The first-order valence-corrected chi connectivity index (χ1v) is 8.90. The van der Waals surface area contributed by atoms with Crippen molar-refractivity contribution in [2.45, 2.75) is 57.5 Å². The Bertz CT molecular complexity index is 620. The monoisotopic (exact) mass is 350 g/mol. The lowest BCUT2D eigenvalue weighted by molar-refractivity contribution is -0.139. The van der Waals surface area contributed by atoms with Gasteiger partial charge in [-0.3, -0.25) is 15.0 Å². The molecule has 2 amide bonds. The quantitative estimate of drug-likeness (QED) is 0.664. The number of hydrogen-bond acceptors (Lipinski definition) is 5. The molecule has 0 bridgehead atoms. The summed E-state index contributed by atoms with van der Waals surface area (Å²) in [5.74, 6) is 1.20. The summed E-state index contributed by atoms with van der Waals surface area (Å²) >= 11 is 0. The Morgan fingerprint density at radius 2 is 2.12 bits per heavy atom. The van der Waals surface area contributed by atoms with E-state index in [1.807, 2.05) is 18.7 Å². The molecule has 3 rings (SSSR count). The second kappa shape index (κ2) is 7.43. The number of urea groups is 1. The van der Waals surface area contributed by atoms with Crippen molar-refractivity contribution in [3.05, 3.63) is 11.8 Å². The van der Waals surface area contributed by atoms with Gasteiger partial charge in [0.1, 0.15) is 5.76 Å². The van der Waals surface area contributed by atoms with Crippen molar-refractivity contribution in [3.63, 3.8) is 0 Å². The van der Waals surface area contributed by atoms with Gasteiger partial charge >= 0.3 is 12.0 Å². The zero-order chi connectivity index (χ0) is 18.0. The van der Waals surface area contributed by atoms with Crippen LogP contribution < -0.4 is 10.6 Å². The normalized spacial score (nSPS) is 22.7. The highest BCUT2D eigenvalue weighted by molar-refractivity contribution is 5.88. The van der Waals surface area contributed by atoms with Gasteiger partial charge in [-0.2, -0.15) is 0 Å². The van der Waals surface area contributed by atoms with Gasteiger partial charge in [0.05, 0.1) is 6.54 Å². The van der Waals surface area contributed by atoms with E-state index in [9.17, 15) is 9.59 Å². The molecule has 3 N–H and O–H groups in total. The lowest BCUT2D eigenvalue weighted by Crippen LogP contribution is -2.55. The van der Waals surface area contributed by atoms with E-state index in [0.717, 1.165) is 25.1 Å². The Morgan fingerprint density at radius 1 is 1.40 bits per heavy atom. The molecule has 2 aliphatic rings. The fourth-order valence-corrected chi connectivity index (χ4v) is 3.11. The Morgan fingerprint density at radius 3 is 2.68 bits per heavy atom. The molecular formula is C17H26N4O4. The van der Waals surface area contributed by atoms with Crippen LogP contribution in [0.1, 0.15) is 51.2 Å². The minimum Gasteiger partial charge on any atom is -0.480 e. The predicted octanol–water partition coefficient (Wildman–Crippen LogP) is 2.25. The number of carboxylic acid groups (broad SMARTS) is 1. The largest absolute Gasteiger partial charge is 0.480 e. The maximum atomic E-state index is 12.0. The molecule has 25 heavy (non-hydrogen) atoms. The van der Waals surface area contributed by atoms with Gasteiger partial charge in [0.2, 0.25) is 0 Å². The van der Waals surface area contributed by atoms with Gasteiger partial charge in [0.15, 0.2) is 5.82 Å². The molecule has 0 aliphatic heterocycles. The van der Waals surface area contributed by atoms with E-state index in [-0.39, 0.29) is 30.6 Å². The summed E-state index contributed by atoms with van der Waals surface area (Å²) in [4.78, 5) is 25.1. The van der Waals surface area contributed by atoms with Crippen LogP contribution in [0.25, 0.3) is 0 Å². The zero-order valence-electron chi connectivity index (χ0n) is 14.7. The summed E-state index contributed by atoms with van der Waals surface area (Å²) in [6.07, 6.45) is 3.96. The van der Waals surface area contributed by atoms with Crippen LogP contribution in [0, 0.1) is 5.92 Å². The Labute approximate surface area is 146 Å². The highest BCUT2D eigenvalue weighted by Gasteiger charge is 2.37. The van der Waals surface area contributed by atoms with Crippen LogP contribution in [-0.4, -0.2) is 52.3 Å². The third-order valence-corrected chi connectivity index (χ3v) is 4.83. The molecule has 1 aromatic rings. The SMILES string of the molecule is CC(C)c1cc(NC(=O)NC2CC(N(CC(=O)O)CC3CC3)C2)no1. The fraction of sp³-hybridized carbons (Fsp3) is 0.706. The van der Waals surface area contributed by atoms with Crippen molar-refractivity contribution in [3.8, 4) is 0 Å². The molecule has 0 spiro atoms. The van der Waals surface area contributed by atoms with E-state index in [4.69, 9.17) is 9.63 Å². The van der Waals surface area contributed by atoms with Crippen molar-refractivity contribution >= 4 is 17.8 Å². The molecule has 0 atom stereocenters. The smallest absolute Gasteiger partial charge is 0.320 e. The molecule has 2 fully saturated rings. The third-order valence-electron chi connectivity index (χ3n) is 4.83. The van der Waals surface area contributed by atoms with E-state index >= 15 is 0 Å². The molecule has 0 saturated heterocycles. The summed E-state index contributed by atoms with van der Waals surface area (Å²) in [6, 6.07) is 1.72. The average molecular weight is 350 g/mol. The van der Waals surface area contributed by atoms with Crippen LogP contribution >= 0.6 is 0 Å². The summed E-state index contributed by atoms with van der Waals surface area (Å²) in [5, 5.41) is 18.5. The van der Waals surface area contributed by atoms with Gasteiger partial charge in [-0.1, -0.05) is 19.0 Å². The number of aliphatic carboxylic acids is 1. The van der Waals surface area contributed by atoms with E-state index in [1.54, 1.807) is 6.07 Å². The average Bonchev–Trinajstić information content (AvgIpc) is 3.17. The Balaban J connectivity index is 1.42. The van der Waals surface area contributed by atoms with E-state index in [1.165, 1.54) is 12.8 Å². The first-order valence-electron chi connectivity index (χ1n) is 8.90. The number of amides is 2. The lowest BCUT2D eigenvalue weighted by atomic mass is 9.85. The van der Waals surface area contributed by atoms with Crippen LogP contribution in [0.4, 0.5) is 10.6 Å². The van der Waals surface area contributed by atoms with Crippen LogP contribution in [0.15, 0.2) is 10.6 Å².